The van der Waals surface area contributed by atoms with Crippen LogP contribution in [0.1, 0.15) is 0 Å². The second-order valence-electron chi connectivity index (χ2n) is 2.93. The molecule has 0 saturated heterocycles. The summed E-state index contributed by atoms with van der Waals surface area (Å²) in [5.41, 5.74) is 6.37. The van der Waals surface area contributed by atoms with Gasteiger partial charge in [-0.1, -0.05) is 0 Å². The number of hydrogen-bond acceptors (Lipinski definition) is 5. The number of nitrogens with zero attached hydrogens (tertiary/aromatic N) is 2. The number of fused-ring (bicyclic) bond motifs is 1. The quantitative estimate of drug-likeness (QED) is 0.791. The summed E-state index contributed by atoms with van der Waals surface area (Å²) in [7, 11) is 3.13. The van der Waals surface area contributed by atoms with Gasteiger partial charge in [-0.25, -0.2) is 9.97 Å². The minimum absolute atomic E-state index is 0.376. The Morgan fingerprint density at radius 2 is 1.80 bits per heavy atom. The average molecular weight is 204 g/mol. The Kier molecular flexibility index (Phi) is 2.29. The molecular formula is C10H10N3O2. The molecule has 0 amide bonds. The van der Waals surface area contributed by atoms with E-state index in [1.54, 1.807) is 26.4 Å². The van der Waals surface area contributed by atoms with E-state index in [0.29, 0.717) is 22.8 Å². The van der Waals surface area contributed by atoms with Crippen molar-refractivity contribution in [2.45, 2.75) is 0 Å². The van der Waals surface area contributed by atoms with Crippen LogP contribution in [0, 0.1) is 6.33 Å². The largest absolute Gasteiger partial charge is 0.493 e. The first kappa shape index (κ1) is 9.51. The Morgan fingerprint density at radius 1 is 1.13 bits per heavy atom. The Hall–Kier alpha value is -2.04. The normalized spacial score (nSPS) is 10.3. The van der Waals surface area contributed by atoms with Crippen molar-refractivity contribution in [3.63, 3.8) is 0 Å². The Labute approximate surface area is 86.8 Å². The highest BCUT2D eigenvalue weighted by atomic mass is 16.5. The molecule has 0 aliphatic heterocycles. The predicted octanol–water partition coefficient (Wildman–Crippen LogP) is 1.03. The zero-order chi connectivity index (χ0) is 10.8. The fourth-order valence-corrected chi connectivity index (χ4v) is 1.36. The summed E-state index contributed by atoms with van der Waals surface area (Å²) in [4.78, 5) is 7.76. The van der Waals surface area contributed by atoms with Crippen LogP contribution in [-0.2, 0) is 0 Å². The smallest absolute Gasteiger partial charge is 0.200 e. The van der Waals surface area contributed by atoms with E-state index < -0.39 is 0 Å². The van der Waals surface area contributed by atoms with Gasteiger partial charge in [-0.05, 0) is 6.07 Å². The van der Waals surface area contributed by atoms with Gasteiger partial charge in [-0.2, -0.15) is 0 Å². The van der Waals surface area contributed by atoms with Crippen molar-refractivity contribution in [2.75, 3.05) is 20.0 Å². The third-order valence-corrected chi connectivity index (χ3v) is 2.12. The number of ether oxygens (including phenoxy) is 2. The minimum Gasteiger partial charge on any atom is -0.493 e. The molecule has 0 atom stereocenters. The first-order valence-corrected chi connectivity index (χ1v) is 4.31. The van der Waals surface area contributed by atoms with Gasteiger partial charge in [0, 0.05) is 11.5 Å². The van der Waals surface area contributed by atoms with Gasteiger partial charge in [0.25, 0.3) is 0 Å². The van der Waals surface area contributed by atoms with Crippen molar-refractivity contribution in [3.8, 4) is 11.5 Å². The topological polar surface area (TPSA) is 70.3 Å². The van der Waals surface area contributed by atoms with Crippen LogP contribution in [0.3, 0.4) is 0 Å². The molecule has 1 heterocycles. The summed E-state index contributed by atoms with van der Waals surface area (Å²) in [6.45, 7) is 0. The van der Waals surface area contributed by atoms with E-state index in [-0.39, 0.29) is 0 Å². The zero-order valence-electron chi connectivity index (χ0n) is 8.44. The summed E-state index contributed by atoms with van der Waals surface area (Å²) >= 11 is 0. The predicted molar refractivity (Wildman–Crippen MR) is 55.9 cm³/mol. The highest BCUT2D eigenvalue weighted by Gasteiger charge is 2.08. The third kappa shape index (κ3) is 1.52. The van der Waals surface area contributed by atoms with Crippen LogP contribution in [0.25, 0.3) is 10.9 Å². The SMILES string of the molecule is COc1cc2n[c]nc(N)c2cc1OC. The van der Waals surface area contributed by atoms with Crippen LogP contribution < -0.4 is 15.2 Å². The molecule has 15 heavy (non-hydrogen) atoms. The lowest BCUT2D eigenvalue weighted by molar-refractivity contribution is 0.356. The van der Waals surface area contributed by atoms with Gasteiger partial charge in [0.05, 0.1) is 19.7 Å². The fraction of sp³-hybridized carbons (Fsp3) is 0.200. The number of hydrogen-bond donors (Lipinski definition) is 1. The molecule has 1 aromatic carbocycles. The number of nitrogen functional groups attached to an aromatic ring is 1. The third-order valence-electron chi connectivity index (χ3n) is 2.12. The van der Waals surface area contributed by atoms with Crippen LogP contribution in [-0.4, -0.2) is 24.2 Å². The van der Waals surface area contributed by atoms with E-state index in [0.717, 1.165) is 5.39 Å². The second-order valence-corrected chi connectivity index (χ2v) is 2.93. The average Bonchev–Trinajstić information content (AvgIpc) is 2.28. The van der Waals surface area contributed by atoms with Crippen molar-refractivity contribution >= 4 is 16.7 Å². The van der Waals surface area contributed by atoms with Gasteiger partial charge in [0.2, 0.25) is 0 Å². The van der Waals surface area contributed by atoms with Gasteiger partial charge in [0.15, 0.2) is 17.8 Å². The number of methoxy groups -OCH3 is 2. The monoisotopic (exact) mass is 204 g/mol. The van der Waals surface area contributed by atoms with E-state index in [2.05, 4.69) is 16.3 Å². The van der Waals surface area contributed by atoms with E-state index in [4.69, 9.17) is 15.2 Å². The first-order valence-electron chi connectivity index (χ1n) is 4.31. The molecule has 2 N–H and O–H groups in total. The van der Waals surface area contributed by atoms with Gasteiger partial charge < -0.3 is 15.2 Å². The lowest BCUT2D eigenvalue weighted by Gasteiger charge is -2.08. The Balaban J connectivity index is 2.75. The molecule has 0 fully saturated rings. The minimum atomic E-state index is 0.376. The number of aromatic nitrogens is 2. The van der Waals surface area contributed by atoms with Gasteiger partial charge >= 0.3 is 0 Å². The molecule has 0 aliphatic rings. The molecule has 0 spiro atoms. The molecule has 0 bridgehead atoms. The standard InChI is InChI=1S/C10H10N3O2/c1-14-8-3-6-7(4-9(8)15-2)12-5-13-10(6)11/h3-4H,1-2H3,(H2,11,12,13). The molecule has 2 rings (SSSR count). The lowest BCUT2D eigenvalue weighted by atomic mass is 10.2. The van der Waals surface area contributed by atoms with Crippen LogP contribution in [0.15, 0.2) is 12.1 Å². The number of anilines is 1. The summed E-state index contributed by atoms with van der Waals surface area (Å²) in [5.74, 6) is 1.59. The highest BCUT2D eigenvalue weighted by Crippen LogP contribution is 2.32. The molecule has 5 heteroatoms. The Bertz CT molecular complexity index is 499. The summed E-state index contributed by atoms with van der Waals surface area (Å²) in [6, 6.07) is 3.49. The van der Waals surface area contributed by atoms with Crippen LogP contribution >= 0.6 is 0 Å². The van der Waals surface area contributed by atoms with Gasteiger partial charge in [-0.15, -0.1) is 0 Å². The molecule has 5 nitrogen and oxygen atoms in total. The van der Waals surface area contributed by atoms with E-state index >= 15 is 0 Å². The zero-order valence-corrected chi connectivity index (χ0v) is 8.44. The van der Waals surface area contributed by atoms with Crippen LogP contribution in [0.4, 0.5) is 5.82 Å². The highest BCUT2D eigenvalue weighted by molar-refractivity contribution is 5.90. The number of rotatable bonds is 2. The summed E-state index contributed by atoms with van der Waals surface area (Å²) < 4.78 is 10.3. The first-order chi connectivity index (χ1) is 7.26. The van der Waals surface area contributed by atoms with E-state index in [1.807, 2.05) is 0 Å². The van der Waals surface area contributed by atoms with Gasteiger partial charge in [-0.3, -0.25) is 0 Å². The molecule has 0 saturated carbocycles. The van der Waals surface area contributed by atoms with Crippen LogP contribution in [0.5, 0.6) is 11.5 Å². The van der Waals surface area contributed by atoms with Crippen molar-refractivity contribution in [1.29, 1.82) is 0 Å². The van der Waals surface area contributed by atoms with Crippen LogP contribution in [0.2, 0.25) is 0 Å². The van der Waals surface area contributed by atoms with E-state index in [9.17, 15) is 0 Å². The van der Waals surface area contributed by atoms with Crippen molar-refractivity contribution < 1.29 is 9.47 Å². The molecule has 2 aromatic rings. The van der Waals surface area contributed by atoms with Crippen molar-refractivity contribution in [3.05, 3.63) is 18.5 Å². The Morgan fingerprint density at radius 3 is 2.47 bits per heavy atom. The molecule has 1 aromatic heterocycles. The fourth-order valence-electron chi connectivity index (χ4n) is 1.36. The lowest BCUT2D eigenvalue weighted by Crippen LogP contribution is -1.96. The number of nitrogens with two attached hydrogens (primary N) is 1. The molecule has 1 radical (unpaired) electrons. The molecule has 0 unspecified atom stereocenters. The maximum atomic E-state index is 5.69. The summed E-state index contributed by atoms with van der Waals surface area (Å²) in [5, 5.41) is 0.728. The second kappa shape index (κ2) is 3.61. The van der Waals surface area contributed by atoms with E-state index in [1.165, 1.54) is 0 Å². The number of benzene rings is 1. The van der Waals surface area contributed by atoms with Crippen molar-refractivity contribution in [2.24, 2.45) is 0 Å². The molecule has 0 aliphatic carbocycles. The molecule has 77 valence electrons. The molecular weight excluding hydrogens is 194 g/mol. The maximum Gasteiger partial charge on any atom is 0.200 e. The maximum absolute atomic E-state index is 5.69. The van der Waals surface area contributed by atoms with Crippen molar-refractivity contribution in [1.82, 2.24) is 9.97 Å². The van der Waals surface area contributed by atoms with Gasteiger partial charge in [0.1, 0.15) is 5.82 Å². The summed E-state index contributed by atoms with van der Waals surface area (Å²) in [6.07, 6.45) is 2.47.